The van der Waals surface area contributed by atoms with Gasteiger partial charge in [0.05, 0.1) is 11.4 Å². The molecule has 0 bridgehead atoms. The van der Waals surface area contributed by atoms with Crippen molar-refractivity contribution in [2.75, 3.05) is 0 Å². The van der Waals surface area contributed by atoms with Crippen LogP contribution in [0.25, 0.3) is 11.4 Å². The first-order valence-electron chi connectivity index (χ1n) is 3.79. The van der Waals surface area contributed by atoms with Crippen LogP contribution in [0.5, 0.6) is 0 Å². The van der Waals surface area contributed by atoms with Gasteiger partial charge in [0.1, 0.15) is 0 Å². The minimum absolute atomic E-state index is 0. The van der Waals surface area contributed by atoms with Gasteiger partial charge < -0.3 is 0 Å². The molecule has 0 saturated heterocycles. The summed E-state index contributed by atoms with van der Waals surface area (Å²) in [7, 11) is 0. The number of nitrogens with zero attached hydrogens (tertiary/aromatic N) is 2. The molecule has 0 amide bonds. The van der Waals surface area contributed by atoms with E-state index in [4.69, 9.17) is 0 Å². The van der Waals surface area contributed by atoms with Crippen LogP contribution >= 0.6 is 0 Å². The summed E-state index contributed by atoms with van der Waals surface area (Å²) in [5, 5.41) is 0. The number of rotatable bonds is 1. The summed E-state index contributed by atoms with van der Waals surface area (Å²) >= 11 is 0. The second-order valence-corrected chi connectivity index (χ2v) is 2.43. The van der Waals surface area contributed by atoms with Crippen LogP contribution in [-0.2, 0) is 17.1 Å². The zero-order valence-electron chi connectivity index (χ0n) is 6.87. The molecule has 0 aromatic carbocycles. The molecule has 0 spiro atoms. The number of hydrogen-bond acceptors (Lipinski definition) is 2. The van der Waals surface area contributed by atoms with Gasteiger partial charge in [-0.2, -0.15) is 0 Å². The van der Waals surface area contributed by atoms with Gasteiger partial charge in [0, 0.05) is 29.5 Å². The Hall–Kier alpha value is -1.18. The summed E-state index contributed by atoms with van der Waals surface area (Å²) < 4.78 is 0. The average Bonchev–Trinajstić information content (AvgIpc) is 2.21. The van der Waals surface area contributed by atoms with Gasteiger partial charge in [0.15, 0.2) is 0 Å². The van der Waals surface area contributed by atoms with Gasteiger partial charge in [-0.15, -0.1) is 0 Å². The van der Waals surface area contributed by atoms with E-state index in [9.17, 15) is 0 Å². The fraction of sp³-hybridized carbons (Fsp3) is 0. The smallest absolute Gasteiger partial charge is 0.0886 e. The summed E-state index contributed by atoms with van der Waals surface area (Å²) in [4.78, 5) is 8.37. The van der Waals surface area contributed by atoms with E-state index in [2.05, 4.69) is 9.97 Å². The van der Waals surface area contributed by atoms with Crippen molar-refractivity contribution < 1.29 is 17.1 Å². The molecule has 2 rings (SSSR count). The van der Waals surface area contributed by atoms with Crippen LogP contribution < -0.4 is 0 Å². The van der Waals surface area contributed by atoms with Crippen molar-refractivity contribution >= 4 is 0 Å². The van der Waals surface area contributed by atoms with Crippen LogP contribution in [-0.4, -0.2) is 9.97 Å². The molecular formula is C10H8FeN2. The van der Waals surface area contributed by atoms with Crippen LogP contribution in [0.4, 0.5) is 0 Å². The molecular weight excluding hydrogens is 204 g/mol. The zero-order valence-corrected chi connectivity index (χ0v) is 7.97. The summed E-state index contributed by atoms with van der Waals surface area (Å²) in [6.45, 7) is 0. The molecule has 0 unspecified atom stereocenters. The van der Waals surface area contributed by atoms with Crippen molar-refractivity contribution in [3.8, 4) is 11.4 Å². The van der Waals surface area contributed by atoms with Gasteiger partial charge >= 0.3 is 0 Å². The first-order chi connectivity index (χ1) is 5.97. The van der Waals surface area contributed by atoms with E-state index in [1.165, 1.54) is 0 Å². The molecule has 0 atom stereocenters. The number of hydrogen-bond donors (Lipinski definition) is 0. The Kier molecular flexibility index (Phi) is 3.62. The van der Waals surface area contributed by atoms with Crippen molar-refractivity contribution in [2.24, 2.45) is 0 Å². The Morgan fingerprint density at radius 1 is 0.692 bits per heavy atom. The number of pyridine rings is 2. The second-order valence-electron chi connectivity index (χ2n) is 2.43. The first kappa shape index (κ1) is 9.90. The third-order valence-corrected chi connectivity index (χ3v) is 1.59. The minimum Gasteiger partial charge on any atom is -0.255 e. The van der Waals surface area contributed by atoms with Crippen LogP contribution in [0, 0.1) is 0 Å². The van der Waals surface area contributed by atoms with Crippen molar-refractivity contribution in [2.45, 2.75) is 0 Å². The topological polar surface area (TPSA) is 25.8 Å². The molecule has 0 aliphatic carbocycles. The summed E-state index contributed by atoms with van der Waals surface area (Å²) in [6, 6.07) is 11.6. The monoisotopic (exact) mass is 212 g/mol. The summed E-state index contributed by atoms with van der Waals surface area (Å²) in [5.74, 6) is 0. The summed E-state index contributed by atoms with van der Waals surface area (Å²) in [6.07, 6.45) is 3.54. The van der Waals surface area contributed by atoms with Crippen LogP contribution in [0.2, 0.25) is 0 Å². The van der Waals surface area contributed by atoms with Gasteiger partial charge in [0.25, 0.3) is 0 Å². The van der Waals surface area contributed by atoms with Crippen molar-refractivity contribution in [1.82, 2.24) is 9.97 Å². The molecule has 2 aromatic rings. The fourth-order valence-corrected chi connectivity index (χ4v) is 1.03. The molecule has 3 heteroatoms. The third-order valence-electron chi connectivity index (χ3n) is 1.59. The van der Waals surface area contributed by atoms with E-state index >= 15 is 0 Å². The predicted octanol–water partition coefficient (Wildman–Crippen LogP) is 2.14. The average molecular weight is 212 g/mol. The first-order valence-corrected chi connectivity index (χ1v) is 3.79. The van der Waals surface area contributed by atoms with Gasteiger partial charge in [-0.05, 0) is 24.3 Å². The molecule has 2 nitrogen and oxygen atoms in total. The second kappa shape index (κ2) is 4.75. The maximum absolute atomic E-state index is 4.19. The molecule has 0 aliphatic rings. The predicted molar refractivity (Wildman–Crippen MR) is 47.5 cm³/mol. The maximum Gasteiger partial charge on any atom is 0.0886 e. The van der Waals surface area contributed by atoms with Gasteiger partial charge in [-0.3, -0.25) is 9.97 Å². The summed E-state index contributed by atoms with van der Waals surface area (Å²) in [5.41, 5.74) is 1.83. The van der Waals surface area contributed by atoms with E-state index in [0.717, 1.165) is 11.4 Å². The number of aromatic nitrogens is 2. The Morgan fingerprint density at radius 2 is 1.15 bits per heavy atom. The van der Waals surface area contributed by atoms with Crippen molar-refractivity contribution in [1.29, 1.82) is 0 Å². The van der Waals surface area contributed by atoms with Gasteiger partial charge in [-0.1, -0.05) is 12.1 Å². The molecule has 0 fully saturated rings. The fourth-order valence-electron chi connectivity index (χ4n) is 1.03. The van der Waals surface area contributed by atoms with E-state index in [1.807, 2.05) is 36.4 Å². The Bertz CT molecular complexity index is 310. The van der Waals surface area contributed by atoms with Crippen LogP contribution in [0.3, 0.4) is 0 Å². The molecule has 0 N–H and O–H groups in total. The largest absolute Gasteiger partial charge is 0.255 e. The standard InChI is InChI=1S/C10H8N2.Fe/c1-3-7-11-9(5-1)10-6-2-4-8-12-10;/h1-8H;. The normalized spacial score (nSPS) is 8.92. The van der Waals surface area contributed by atoms with Crippen molar-refractivity contribution in [3.05, 3.63) is 48.8 Å². The van der Waals surface area contributed by atoms with E-state index in [0.29, 0.717) is 0 Å². The molecule has 2 heterocycles. The van der Waals surface area contributed by atoms with Gasteiger partial charge in [-0.25, -0.2) is 0 Å². The Labute approximate surface area is 87.5 Å². The molecule has 0 saturated carbocycles. The van der Waals surface area contributed by atoms with Gasteiger partial charge in [0.2, 0.25) is 0 Å². The molecule has 2 aromatic heterocycles. The quantitative estimate of drug-likeness (QED) is 0.676. The third kappa shape index (κ3) is 2.38. The Morgan fingerprint density at radius 3 is 1.46 bits per heavy atom. The molecule has 0 aliphatic heterocycles. The van der Waals surface area contributed by atoms with Crippen LogP contribution in [0.1, 0.15) is 0 Å². The molecule has 0 radical (unpaired) electrons. The van der Waals surface area contributed by atoms with E-state index in [-0.39, 0.29) is 17.1 Å². The molecule has 66 valence electrons. The maximum atomic E-state index is 4.19. The van der Waals surface area contributed by atoms with E-state index < -0.39 is 0 Å². The van der Waals surface area contributed by atoms with E-state index in [1.54, 1.807) is 12.4 Å². The SMILES string of the molecule is [Fe].c1ccc(-c2ccccn2)nc1. The van der Waals surface area contributed by atoms with Crippen LogP contribution in [0.15, 0.2) is 48.8 Å². The zero-order chi connectivity index (χ0) is 8.23. The van der Waals surface area contributed by atoms with Crippen molar-refractivity contribution in [3.63, 3.8) is 0 Å². The Balaban J connectivity index is 0.000000845. The molecule has 13 heavy (non-hydrogen) atoms. The minimum atomic E-state index is 0.